The smallest absolute Gasteiger partial charge is 0.276 e. The van der Waals surface area contributed by atoms with E-state index in [2.05, 4.69) is 10.3 Å². The summed E-state index contributed by atoms with van der Waals surface area (Å²) in [6, 6.07) is 0. The lowest BCUT2D eigenvalue weighted by Gasteiger charge is -1.94. The molecular formula is C7H10N4O3. The number of hydrogen-bond donors (Lipinski definition) is 3. The molecule has 0 saturated carbocycles. The van der Waals surface area contributed by atoms with Crippen LogP contribution in [0.25, 0.3) is 11.2 Å². The summed E-state index contributed by atoms with van der Waals surface area (Å²) < 4.78 is 6.48. The largest absolute Gasteiger partial charge is 0.442 e. The number of aromatic nitrogens is 2. The van der Waals surface area contributed by atoms with Crippen molar-refractivity contribution in [2.24, 2.45) is 4.99 Å². The quantitative estimate of drug-likeness (QED) is 0.566. The number of furan rings is 1. The third-order valence-electron chi connectivity index (χ3n) is 2.00. The van der Waals surface area contributed by atoms with Gasteiger partial charge in [-0.25, -0.2) is 0 Å². The minimum atomic E-state index is -0.00384. The summed E-state index contributed by atoms with van der Waals surface area (Å²) in [7, 11) is 3.13. The summed E-state index contributed by atoms with van der Waals surface area (Å²) in [5, 5.41) is 21.9. The maximum absolute atomic E-state index is 9.61. The fraction of sp³-hybridized carbons (Fsp3) is 0.286. The highest BCUT2D eigenvalue weighted by Crippen LogP contribution is 2.22. The molecule has 0 atom stereocenters. The first-order valence-corrected chi connectivity index (χ1v) is 3.94. The van der Waals surface area contributed by atoms with Crippen molar-refractivity contribution in [3.63, 3.8) is 0 Å². The molecular weight excluding hydrogens is 188 g/mol. The third-order valence-corrected chi connectivity index (χ3v) is 2.00. The normalized spacial score (nSPS) is 12.6. The van der Waals surface area contributed by atoms with Crippen molar-refractivity contribution in [3.8, 4) is 0 Å². The van der Waals surface area contributed by atoms with Gasteiger partial charge in [0.05, 0.1) is 0 Å². The maximum Gasteiger partial charge on any atom is 0.276 e. The van der Waals surface area contributed by atoms with Gasteiger partial charge in [0.2, 0.25) is 0 Å². The molecule has 0 aromatic carbocycles. The molecule has 0 bridgehead atoms. The average molecular weight is 198 g/mol. The van der Waals surface area contributed by atoms with Crippen LogP contribution >= 0.6 is 0 Å². The molecule has 0 aliphatic rings. The predicted octanol–water partition coefficient (Wildman–Crippen LogP) is 0.0826. The molecule has 2 heterocycles. The maximum atomic E-state index is 9.61. The minimum absolute atomic E-state index is 0.00384. The van der Waals surface area contributed by atoms with Crippen molar-refractivity contribution in [1.82, 2.24) is 9.46 Å². The van der Waals surface area contributed by atoms with E-state index in [0.717, 1.165) is 4.73 Å². The fourth-order valence-corrected chi connectivity index (χ4v) is 1.34. The van der Waals surface area contributed by atoms with Crippen LogP contribution in [0, 0.1) is 0 Å². The highest BCUT2D eigenvalue weighted by Gasteiger charge is 2.17. The van der Waals surface area contributed by atoms with Gasteiger partial charge in [0.1, 0.15) is 12.0 Å². The summed E-state index contributed by atoms with van der Waals surface area (Å²) in [6.07, 6.45) is 1.39. The van der Waals surface area contributed by atoms with E-state index >= 15 is 0 Å². The summed E-state index contributed by atoms with van der Waals surface area (Å²) in [4.78, 5) is 3.69. The summed E-state index contributed by atoms with van der Waals surface area (Å²) in [6.45, 7) is 0. The summed E-state index contributed by atoms with van der Waals surface area (Å²) >= 11 is 0. The molecule has 0 amide bonds. The van der Waals surface area contributed by atoms with E-state index in [1.54, 1.807) is 7.05 Å². The molecule has 0 saturated heterocycles. The van der Waals surface area contributed by atoms with Crippen LogP contribution in [0.15, 0.2) is 15.7 Å². The van der Waals surface area contributed by atoms with E-state index in [1.165, 1.54) is 13.3 Å². The van der Waals surface area contributed by atoms with Crippen molar-refractivity contribution in [1.29, 1.82) is 0 Å². The first-order chi connectivity index (χ1) is 6.70. The van der Waals surface area contributed by atoms with Crippen molar-refractivity contribution in [2.45, 2.75) is 0 Å². The zero-order valence-corrected chi connectivity index (χ0v) is 7.72. The van der Waals surface area contributed by atoms with E-state index < -0.39 is 0 Å². The SMILES string of the molecule is CN=c1n(O)c2occ(NC)c2n1O. The lowest BCUT2D eigenvalue weighted by Crippen LogP contribution is -2.23. The van der Waals surface area contributed by atoms with Crippen molar-refractivity contribution in [3.05, 3.63) is 11.9 Å². The molecule has 0 aliphatic carbocycles. The molecule has 0 spiro atoms. The van der Waals surface area contributed by atoms with Crippen LogP contribution in [0.2, 0.25) is 0 Å². The topological polar surface area (TPSA) is 87.9 Å². The number of nitrogens with zero attached hydrogens (tertiary/aromatic N) is 3. The average Bonchev–Trinajstić information content (AvgIpc) is 2.69. The number of hydrogen-bond acceptors (Lipinski definition) is 5. The van der Waals surface area contributed by atoms with Crippen molar-refractivity contribution in [2.75, 3.05) is 19.4 Å². The Morgan fingerprint density at radius 3 is 2.71 bits per heavy atom. The van der Waals surface area contributed by atoms with Gasteiger partial charge in [-0.1, -0.05) is 0 Å². The second-order valence-electron chi connectivity index (χ2n) is 2.70. The van der Waals surface area contributed by atoms with Gasteiger partial charge in [0.15, 0.2) is 5.52 Å². The molecule has 2 aromatic heterocycles. The Morgan fingerprint density at radius 1 is 1.43 bits per heavy atom. The standard InChI is InChI=1S/C7H10N4O3/c1-8-4-3-14-6-5(4)10(12)7(9-2)11(6)13/h3,8,12-13H,1-2H3. The van der Waals surface area contributed by atoms with Gasteiger partial charge in [0, 0.05) is 14.1 Å². The van der Waals surface area contributed by atoms with Gasteiger partial charge in [-0.3, -0.25) is 4.99 Å². The Morgan fingerprint density at radius 2 is 2.14 bits per heavy atom. The van der Waals surface area contributed by atoms with Crippen LogP contribution in [-0.4, -0.2) is 34.0 Å². The van der Waals surface area contributed by atoms with Gasteiger partial charge >= 0.3 is 0 Å². The number of nitrogens with one attached hydrogen (secondary N) is 1. The molecule has 2 aromatic rings. The lowest BCUT2D eigenvalue weighted by molar-refractivity contribution is 0.128. The van der Waals surface area contributed by atoms with Crippen LogP contribution in [0.4, 0.5) is 5.69 Å². The highest BCUT2D eigenvalue weighted by molar-refractivity contribution is 5.84. The van der Waals surface area contributed by atoms with Crippen LogP contribution in [0.5, 0.6) is 0 Å². The van der Waals surface area contributed by atoms with Crippen molar-refractivity contribution >= 4 is 16.9 Å². The lowest BCUT2D eigenvalue weighted by atomic mass is 10.5. The van der Waals surface area contributed by atoms with Gasteiger partial charge in [0.25, 0.3) is 11.3 Å². The summed E-state index contributed by atoms with van der Waals surface area (Å²) in [5.74, 6) is 0. The molecule has 0 radical (unpaired) electrons. The Bertz CT molecular complexity index is 533. The van der Waals surface area contributed by atoms with E-state index in [9.17, 15) is 10.4 Å². The molecule has 0 aliphatic heterocycles. The van der Waals surface area contributed by atoms with E-state index in [1.807, 2.05) is 0 Å². The second-order valence-corrected chi connectivity index (χ2v) is 2.70. The molecule has 14 heavy (non-hydrogen) atoms. The number of rotatable bonds is 1. The fourth-order valence-electron chi connectivity index (χ4n) is 1.34. The van der Waals surface area contributed by atoms with E-state index in [0.29, 0.717) is 15.9 Å². The van der Waals surface area contributed by atoms with Crippen LogP contribution in [0.1, 0.15) is 0 Å². The van der Waals surface area contributed by atoms with Gasteiger partial charge in [-0.2, -0.15) is 0 Å². The van der Waals surface area contributed by atoms with Gasteiger partial charge < -0.3 is 20.1 Å². The molecule has 76 valence electrons. The second kappa shape index (κ2) is 2.72. The Kier molecular flexibility index (Phi) is 1.66. The molecule has 7 nitrogen and oxygen atoms in total. The Labute approximate surface area is 78.4 Å². The third kappa shape index (κ3) is 0.832. The predicted molar refractivity (Wildman–Crippen MR) is 47.6 cm³/mol. The molecule has 3 N–H and O–H groups in total. The van der Waals surface area contributed by atoms with Crippen LogP contribution < -0.4 is 10.9 Å². The van der Waals surface area contributed by atoms with E-state index in [4.69, 9.17) is 4.42 Å². The molecule has 0 fully saturated rings. The zero-order chi connectivity index (χ0) is 10.3. The Hall–Kier alpha value is -2.05. The highest BCUT2D eigenvalue weighted by atomic mass is 16.5. The van der Waals surface area contributed by atoms with E-state index in [-0.39, 0.29) is 11.3 Å². The van der Waals surface area contributed by atoms with Crippen LogP contribution in [0.3, 0.4) is 0 Å². The van der Waals surface area contributed by atoms with Crippen molar-refractivity contribution < 1.29 is 14.8 Å². The monoisotopic (exact) mass is 198 g/mol. The number of anilines is 1. The Balaban J connectivity index is 2.97. The molecule has 2 rings (SSSR count). The molecule has 7 heteroatoms. The zero-order valence-electron chi connectivity index (χ0n) is 7.72. The first kappa shape index (κ1) is 8.54. The summed E-state index contributed by atoms with van der Waals surface area (Å²) in [5.41, 5.74) is 1.05. The van der Waals surface area contributed by atoms with Gasteiger partial charge in [-0.05, 0) is 0 Å². The first-order valence-electron chi connectivity index (χ1n) is 3.94. The minimum Gasteiger partial charge on any atom is -0.442 e. The number of imidazole rings is 1. The van der Waals surface area contributed by atoms with Crippen LogP contribution in [-0.2, 0) is 0 Å². The number of fused-ring (bicyclic) bond motifs is 1. The molecule has 0 unspecified atom stereocenters. The van der Waals surface area contributed by atoms with Gasteiger partial charge in [-0.15, -0.1) is 9.46 Å².